The van der Waals surface area contributed by atoms with Gasteiger partial charge in [-0.3, -0.25) is 29.8 Å². The first-order valence-electron chi connectivity index (χ1n) is 16.5. The van der Waals surface area contributed by atoms with Crippen molar-refractivity contribution in [2.45, 2.75) is 63.9 Å². The number of rotatable bonds is 11. The molecule has 0 atom stereocenters. The van der Waals surface area contributed by atoms with Crippen LogP contribution in [0.1, 0.15) is 72.1 Å². The van der Waals surface area contributed by atoms with Crippen LogP contribution in [-0.4, -0.2) is 60.4 Å². The molecule has 0 bridgehead atoms. The van der Waals surface area contributed by atoms with E-state index in [9.17, 15) is 47.4 Å². The largest absolute Gasteiger partial charge is 0.461 e. The monoisotopic (exact) mass is 716 g/mol. The number of nitrogens with zero attached hydrogens (tertiary/aromatic N) is 4. The van der Waals surface area contributed by atoms with Gasteiger partial charge in [-0.25, -0.2) is 0 Å². The summed E-state index contributed by atoms with van der Waals surface area (Å²) in [5.74, 6) is -2.74. The van der Waals surface area contributed by atoms with Gasteiger partial charge in [0.15, 0.2) is 0 Å². The molecule has 17 heteroatoms. The molecule has 2 fully saturated rings. The van der Waals surface area contributed by atoms with Gasteiger partial charge in [-0.15, -0.1) is 0 Å². The number of carbonyl (C=O) groups is 2. The van der Waals surface area contributed by atoms with Gasteiger partial charge in [-0.05, 0) is 68.1 Å². The number of anilines is 4. The molecule has 2 N–H and O–H groups in total. The highest BCUT2D eigenvalue weighted by Gasteiger charge is 2.44. The Labute approximate surface area is 289 Å². The van der Waals surface area contributed by atoms with Crippen molar-refractivity contribution in [1.29, 1.82) is 0 Å². The Morgan fingerprint density at radius 1 is 0.686 bits per heavy atom. The predicted octanol–water partition coefficient (Wildman–Crippen LogP) is 8.01. The molecule has 0 saturated carbocycles. The van der Waals surface area contributed by atoms with Crippen molar-refractivity contribution in [2.75, 3.05) is 46.6 Å². The Bertz CT molecular complexity index is 1780. The van der Waals surface area contributed by atoms with E-state index in [-0.39, 0.29) is 28.2 Å². The van der Waals surface area contributed by atoms with Gasteiger partial charge in [-0.1, -0.05) is 25.7 Å². The number of amides is 2. The molecule has 0 aliphatic carbocycles. The standard InChI is InChI=1S/C34H36F4N6O7/c35-33(36)34(37,38)51-30-14-11-24(39-31(45)22-9-12-26(28(19-22)43(47)48)41-15-5-1-2-6-16-41)21-25(30)40-32(46)23-10-13-27(29(20-23)44(49)50)42-17-7-3-4-8-18-42/h9-14,19-21,33H,1-8,15-18H2,(H,39,45)(H,40,46). The molecule has 5 rings (SSSR count). The molecule has 51 heavy (non-hydrogen) atoms. The fourth-order valence-electron chi connectivity index (χ4n) is 6.16. The van der Waals surface area contributed by atoms with Crippen LogP contribution < -0.4 is 25.2 Å². The average molecular weight is 717 g/mol. The van der Waals surface area contributed by atoms with E-state index in [1.54, 1.807) is 0 Å². The minimum Gasteiger partial charge on any atom is -0.426 e. The van der Waals surface area contributed by atoms with Crippen LogP contribution in [0.4, 0.5) is 51.7 Å². The second-order valence-corrected chi connectivity index (χ2v) is 12.3. The molecule has 3 aromatic carbocycles. The molecule has 2 aliphatic heterocycles. The van der Waals surface area contributed by atoms with Crippen molar-refractivity contribution in [3.05, 3.63) is 86.0 Å². The summed E-state index contributed by atoms with van der Waals surface area (Å²) < 4.78 is 58.4. The van der Waals surface area contributed by atoms with Gasteiger partial charge in [0.1, 0.15) is 17.1 Å². The lowest BCUT2D eigenvalue weighted by Crippen LogP contribution is -2.33. The Balaban J connectivity index is 1.42. The van der Waals surface area contributed by atoms with E-state index in [4.69, 9.17) is 0 Å². The van der Waals surface area contributed by atoms with E-state index < -0.39 is 45.6 Å². The number of hydrogen-bond acceptors (Lipinski definition) is 9. The molecule has 0 spiro atoms. The van der Waals surface area contributed by atoms with E-state index in [2.05, 4.69) is 15.4 Å². The Morgan fingerprint density at radius 2 is 1.14 bits per heavy atom. The number of hydrogen-bond donors (Lipinski definition) is 2. The molecule has 0 unspecified atom stereocenters. The lowest BCUT2D eigenvalue weighted by molar-refractivity contribution is -0.384. The summed E-state index contributed by atoms with van der Waals surface area (Å²) in [4.78, 5) is 53.0. The van der Waals surface area contributed by atoms with Crippen LogP contribution >= 0.6 is 0 Å². The summed E-state index contributed by atoms with van der Waals surface area (Å²) in [5, 5.41) is 28.7. The van der Waals surface area contributed by atoms with E-state index in [0.29, 0.717) is 37.6 Å². The van der Waals surface area contributed by atoms with Gasteiger partial charge < -0.3 is 25.2 Å². The van der Waals surface area contributed by atoms with Gasteiger partial charge in [0.25, 0.3) is 23.2 Å². The summed E-state index contributed by atoms with van der Waals surface area (Å²) in [6, 6.07) is 10.6. The fourth-order valence-corrected chi connectivity index (χ4v) is 6.16. The summed E-state index contributed by atoms with van der Waals surface area (Å²) in [6.07, 6.45) is -1.85. The second-order valence-electron chi connectivity index (χ2n) is 12.3. The lowest BCUT2D eigenvalue weighted by atomic mass is 10.1. The quantitative estimate of drug-likeness (QED) is 0.114. The average Bonchev–Trinajstić information content (AvgIpc) is 3.55. The molecule has 0 radical (unpaired) electrons. The van der Waals surface area contributed by atoms with Crippen molar-refractivity contribution >= 4 is 45.9 Å². The maximum Gasteiger partial charge on any atom is 0.461 e. The number of nitro benzene ring substituents is 2. The fraction of sp³-hybridized carbons (Fsp3) is 0.412. The molecule has 13 nitrogen and oxygen atoms in total. The highest BCUT2D eigenvalue weighted by atomic mass is 19.3. The van der Waals surface area contributed by atoms with Crippen LogP contribution in [0.15, 0.2) is 54.6 Å². The van der Waals surface area contributed by atoms with Gasteiger partial charge >= 0.3 is 12.5 Å². The highest BCUT2D eigenvalue weighted by Crippen LogP contribution is 2.37. The first-order valence-corrected chi connectivity index (χ1v) is 16.5. The topological polar surface area (TPSA) is 160 Å². The summed E-state index contributed by atoms with van der Waals surface area (Å²) in [5.41, 5.74) is -1.00. The van der Waals surface area contributed by atoms with E-state index in [0.717, 1.165) is 81.7 Å². The first kappa shape index (κ1) is 36.8. The van der Waals surface area contributed by atoms with E-state index >= 15 is 0 Å². The van der Waals surface area contributed by atoms with Gasteiger partial charge in [0.05, 0.1) is 15.5 Å². The summed E-state index contributed by atoms with van der Waals surface area (Å²) >= 11 is 0. The summed E-state index contributed by atoms with van der Waals surface area (Å²) in [6.45, 7) is 2.41. The minimum absolute atomic E-state index is 0.104. The number of ether oxygens (including phenoxy) is 1. The van der Waals surface area contributed by atoms with E-state index in [1.165, 1.54) is 24.3 Å². The summed E-state index contributed by atoms with van der Waals surface area (Å²) in [7, 11) is 0. The molecule has 2 aliphatic rings. The van der Waals surface area contributed by atoms with Crippen molar-refractivity contribution in [3.8, 4) is 5.75 Å². The Hall–Kier alpha value is -5.48. The zero-order chi connectivity index (χ0) is 36.7. The molecule has 2 saturated heterocycles. The molecular weight excluding hydrogens is 680 g/mol. The van der Waals surface area contributed by atoms with Crippen LogP contribution in [0.3, 0.4) is 0 Å². The number of benzene rings is 3. The van der Waals surface area contributed by atoms with Crippen molar-refractivity contribution in [1.82, 2.24) is 0 Å². The third-order valence-electron chi connectivity index (χ3n) is 8.75. The molecule has 0 aromatic heterocycles. The molecule has 3 aromatic rings. The number of nitro groups is 2. The number of carbonyl (C=O) groups excluding carboxylic acids is 2. The normalized spacial score (nSPS) is 15.5. The maximum atomic E-state index is 14.0. The van der Waals surface area contributed by atoms with Crippen molar-refractivity contribution < 1.29 is 41.7 Å². The number of alkyl halides is 4. The van der Waals surface area contributed by atoms with Crippen LogP contribution in [0.25, 0.3) is 0 Å². The molecule has 2 heterocycles. The molecular formula is C34H36F4N6O7. The third-order valence-corrected chi connectivity index (χ3v) is 8.75. The third kappa shape index (κ3) is 9.01. The van der Waals surface area contributed by atoms with Crippen LogP contribution in [-0.2, 0) is 0 Å². The minimum atomic E-state index is -4.97. The SMILES string of the molecule is O=C(Nc1ccc(OC(F)(F)C(F)F)c(NC(=O)c2ccc(N3CCCCCC3)c([N+](=O)[O-])c2)c1)c1ccc(N2CCCCCC2)c([N+](=O)[O-])c1. The maximum absolute atomic E-state index is 14.0. The predicted molar refractivity (Wildman–Crippen MR) is 181 cm³/mol. The van der Waals surface area contributed by atoms with Crippen molar-refractivity contribution in [2.24, 2.45) is 0 Å². The van der Waals surface area contributed by atoms with E-state index in [1.807, 2.05) is 9.80 Å². The lowest BCUT2D eigenvalue weighted by Gasteiger charge is -2.23. The number of nitrogens with one attached hydrogen (secondary N) is 2. The zero-order valence-corrected chi connectivity index (χ0v) is 27.4. The van der Waals surface area contributed by atoms with Gasteiger partial charge in [0.2, 0.25) is 0 Å². The Morgan fingerprint density at radius 3 is 1.57 bits per heavy atom. The zero-order valence-electron chi connectivity index (χ0n) is 27.4. The Kier molecular flexibility index (Phi) is 11.6. The van der Waals surface area contributed by atoms with Gasteiger partial charge in [-0.2, -0.15) is 17.6 Å². The molecule has 2 amide bonds. The van der Waals surface area contributed by atoms with Crippen LogP contribution in [0, 0.1) is 20.2 Å². The van der Waals surface area contributed by atoms with Crippen LogP contribution in [0.5, 0.6) is 5.75 Å². The van der Waals surface area contributed by atoms with Gasteiger partial charge in [0, 0.05) is 55.1 Å². The number of halogens is 4. The first-order chi connectivity index (χ1) is 24.3. The smallest absolute Gasteiger partial charge is 0.426 e. The highest BCUT2D eigenvalue weighted by molar-refractivity contribution is 6.08. The molecule has 272 valence electrons. The van der Waals surface area contributed by atoms with Crippen molar-refractivity contribution in [3.63, 3.8) is 0 Å². The van der Waals surface area contributed by atoms with Crippen LogP contribution in [0.2, 0.25) is 0 Å². The second kappa shape index (κ2) is 16.0.